The second-order valence-corrected chi connectivity index (χ2v) is 14.9. The van der Waals surface area contributed by atoms with E-state index in [0.29, 0.717) is 5.56 Å². The quantitative estimate of drug-likeness (QED) is 0.107. The lowest BCUT2D eigenvalue weighted by atomic mass is 10.1. The molecule has 2 aliphatic rings. The van der Waals surface area contributed by atoms with Gasteiger partial charge in [-0.2, -0.15) is 0 Å². The number of carbonyl (C=O) groups is 6. The summed E-state index contributed by atoms with van der Waals surface area (Å²) in [5.74, 6) is -4.21. The molecule has 8 rings (SSSR count). The van der Waals surface area contributed by atoms with Crippen molar-refractivity contribution in [3.63, 3.8) is 0 Å². The van der Waals surface area contributed by atoms with Crippen molar-refractivity contribution in [1.29, 1.82) is 0 Å². The van der Waals surface area contributed by atoms with Crippen LogP contribution in [0.5, 0.6) is 0 Å². The molecule has 0 aliphatic carbocycles. The number of ether oxygens (including phenoxy) is 8. The third-order valence-corrected chi connectivity index (χ3v) is 10.4. The van der Waals surface area contributed by atoms with Crippen molar-refractivity contribution in [1.82, 2.24) is 19.5 Å². The van der Waals surface area contributed by atoms with Gasteiger partial charge >= 0.3 is 29.8 Å². The first kappa shape index (κ1) is 44.7. The highest BCUT2D eigenvalue weighted by atomic mass is 16.7. The normalized spacial score (nSPS) is 22.2. The third kappa shape index (κ3) is 10.2. The third-order valence-electron chi connectivity index (χ3n) is 10.4. The Morgan fingerprint density at radius 1 is 0.561 bits per heavy atom. The van der Waals surface area contributed by atoms with Crippen LogP contribution in [0.4, 0.5) is 5.82 Å². The van der Waals surface area contributed by atoms with E-state index < -0.39 is 98.1 Å². The maximum atomic E-state index is 13.7. The number of fused-ring (bicyclic) bond motifs is 1. The molecule has 2 saturated heterocycles. The zero-order chi connectivity index (χ0) is 46.2. The number of aromatic nitrogens is 4. The summed E-state index contributed by atoms with van der Waals surface area (Å²) < 4.78 is 49.5. The number of imidazole rings is 1. The van der Waals surface area contributed by atoms with Gasteiger partial charge in [0.15, 0.2) is 53.9 Å². The first-order chi connectivity index (χ1) is 32.0. The number of nitrogens with zero attached hydrogens (tertiary/aromatic N) is 4. The average Bonchev–Trinajstić information content (AvgIpc) is 4.01. The first-order valence-electron chi connectivity index (χ1n) is 20.6. The van der Waals surface area contributed by atoms with Gasteiger partial charge in [0.1, 0.15) is 25.1 Å². The highest BCUT2D eigenvalue weighted by Gasteiger charge is 2.54. The van der Waals surface area contributed by atoms with E-state index in [4.69, 9.17) is 37.9 Å². The summed E-state index contributed by atoms with van der Waals surface area (Å²) in [6.45, 7) is 1.36. The van der Waals surface area contributed by atoms with E-state index in [1.807, 2.05) is 0 Å². The number of nitrogens with one attached hydrogen (secondary N) is 1. The summed E-state index contributed by atoms with van der Waals surface area (Å²) in [6, 6.07) is 32.7. The number of carbonyl (C=O) groups excluding carboxylic acids is 6. The van der Waals surface area contributed by atoms with Crippen LogP contribution < -0.4 is 5.32 Å². The van der Waals surface area contributed by atoms with Crippen molar-refractivity contribution in [3.05, 3.63) is 156 Å². The van der Waals surface area contributed by atoms with Crippen molar-refractivity contribution in [2.75, 3.05) is 18.5 Å². The van der Waals surface area contributed by atoms with Crippen LogP contribution in [-0.4, -0.2) is 111 Å². The molecule has 1 amide bonds. The van der Waals surface area contributed by atoms with E-state index in [1.165, 1.54) is 41.5 Å². The van der Waals surface area contributed by atoms with Crippen molar-refractivity contribution in [2.45, 2.75) is 63.0 Å². The topological polar surface area (TPSA) is 232 Å². The van der Waals surface area contributed by atoms with E-state index in [1.54, 1.807) is 97.1 Å². The van der Waals surface area contributed by atoms with Crippen molar-refractivity contribution < 1.29 is 66.7 Å². The minimum Gasteiger partial charge on any atom is -0.459 e. The molecule has 4 heterocycles. The van der Waals surface area contributed by atoms with E-state index in [2.05, 4.69) is 20.3 Å². The van der Waals surface area contributed by atoms with Gasteiger partial charge in [0.2, 0.25) is 0 Å². The van der Waals surface area contributed by atoms with Crippen LogP contribution in [0.25, 0.3) is 11.2 Å². The standard InChI is InChI=1S/C47H41N5O14/c1-27(53)61-36-33(63-43(38(36)62-28(2)54)52-26-50-35-40(48-25-49-41(35)52)51-42(55)29-15-7-3-8-16-29)24-60-47-39(66-46(58)32-21-13-6-14-22-32)37(65-45(57)31-19-11-5-12-20-31)34(64-47)23-59-44(56)30-17-9-4-10-18-30/h3-22,25-26,33-34,36-39,43,47H,23-24H2,1-2H3,(H,48,49,51,55)/t33-,34-,36-,37-,38-,39-,43-,47-/m1/s1. The predicted molar refractivity (Wildman–Crippen MR) is 227 cm³/mol. The molecule has 19 heteroatoms. The zero-order valence-electron chi connectivity index (χ0n) is 35.2. The number of hydrogen-bond acceptors (Lipinski definition) is 17. The van der Waals surface area contributed by atoms with E-state index >= 15 is 0 Å². The molecule has 4 aromatic carbocycles. The summed E-state index contributed by atoms with van der Waals surface area (Å²) in [4.78, 5) is 91.8. The van der Waals surface area contributed by atoms with Crippen LogP contribution in [0.1, 0.15) is 61.5 Å². The van der Waals surface area contributed by atoms with Gasteiger partial charge < -0.3 is 43.2 Å². The van der Waals surface area contributed by atoms with Gasteiger partial charge in [-0.3, -0.25) is 19.0 Å². The van der Waals surface area contributed by atoms with Gasteiger partial charge in [-0.15, -0.1) is 0 Å². The fraction of sp³-hybridized carbons (Fsp3) is 0.255. The Balaban J connectivity index is 1.09. The van der Waals surface area contributed by atoms with Crippen LogP contribution in [0.3, 0.4) is 0 Å². The second-order valence-electron chi connectivity index (χ2n) is 14.9. The fourth-order valence-corrected chi connectivity index (χ4v) is 7.38. The van der Waals surface area contributed by atoms with Crippen molar-refractivity contribution >= 4 is 52.7 Å². The Bertz CT molecular complexity index is 2690. The highest BCUT2D eigenvalue weighted by molar-refractivity contribution is 6.06. The van der Waals surface area contributed by atoms with Gasteiger partial charge in [0.05, 0.1) is 29.6 Å². The lowest BCUT2D eigenvalue weighted by molar-refractivity contribution is -0.194. The molecule has 0 unspecified atom stereocenters. The largest absolute Gasteiger partial charge is 0.459 e. The highest BCUT2D eigenvalue weighted by Crippen LogP contribution is 2.38. The van der Waals surface area contributed by atoms with Gasteiger partial charge in [-0.25, -0.2) is 29.3 Å². The Hall–Kier alpha value is -7.87. The van der Waals surface area contributed by atoms with Crippen LogP contribution >= 0.6 is 0 Å². The Morgan fingerprint density at radius 2 is 1.06 bits per heavy atom. The Kier molecular flexibility index (Phi) is 13.8. The monoisotopic (exact) mass is 899 g/mol. The summed E-state index contributed by atoms with van der Waals surface area (Å²) in [5.41, 5.74) is 1.25. The molecule has 2 fully saturated rings. The minimum absolute atomic E-state index is 0.0760. The summed E-state index contributed by atoms with van der Waals surface area (Å²) >= 11 is 0. The SMILES string of the molecule is CC(=O)O[C@@H]1[C@H](OC(C)=O)[C@@H](CO[C@@H]2O[C@H](COC(=O)c3ccccc3)[C@@H](OC(=O)c3ccccc3)[C@H]2OC(=O)c2ccccc2)O[C@H]1n1cnc2c(NC(=O)c3ccccc3)ncnc21. The molecule has 0 spiro atoms. The number of hydrogen-bond donors (Lipinski definition) is 1. The molecule has 0 bridgehead atoms. The lowest BCUT2D eigenvalue weighted by Crippen LogP contribution is -2.44. The van der Waals surface area contributed by atoms with Gasteiger partial charge in [0, 0.05) is 19.4 Å². The van der Waals surface area contributed by atoms with E-state index in [9.17, 15) is 28.8 Å². The summed E-state index contributed by atoms with van der Waals surface area (Å²) in [7, 11) is 0. The molecule has 0 saturated carbocycles. The molecule has 8 atom stereocenters. The lowest BCUT2D eigenvalue weighted by Gasteiger charge is -2.26. The second kappa shape index (κ2) is 20.3. The Morgan fingerprint density at radius 3 is 1.64 bits per heavy atom. The maximum Gasteiger partial charge on any atom is 0.338 e. The molecular formula is C47H41N5O14. The molecule has 338 valence electrons. The van der Waals surface area contributed by atoms with Gasteiger partial charge in [-0.05, 0) is 48.5 Å². The molecule has 2 aromatic heterocycles. The zero-order valence-corrected chi connectivity index (χ0v) is 35.2. The van der Waals surface area contributed by atoms with E-state index in [-0.39, 0.29) is 33.7 Å². The van der Waals surface area contributed by atoms with Gasteiger partial charge in [0.25, 0.3) is 5.91 Å². The van der Waals surface area contributed by atoms with Crippen LogP contribution in [0.15, 0.2) is 134 Å². The molecule has 2 aliphatic heterocycles. The maximum absolute atomic E-state index is 13.7. The number of anilines is 1. The molecule has 1 N–H and O–H groups in total. The molecule has 6 aromatic rings. The summed E-state index contributed by atoms with van der Waals surface area (Å²) in [6.07, 6.45) is -8.29. The van der Waals surface area contributed by atoms with Crippen LogP contribution in [-0.2, 0) is 47.5 Å². The van der Waals surface area contributed by atoms with Crippen LogP contribution in [0, 0.1) is 0 Å². The molecule has 19 nitrogen and oxygen atoms in total. The summed E-state index contributed by atoms with van der Waals surface area (Å²) in [5, 5.41) is 2.73. The van der Waals surface area contributed by atoms with Crippen molar-refractivity contribution in [3.8, 4) is 0 Å². The number of amides is 1. The Labute approximate surface area is 375 Å². The predicted octanol–water partition coefficient (Wildman–Crippen LogP) is 4.89. The fourth-order valence-electron chi connectivity index (χ4n) is 7.38. The molecule has 66 heavy (non-hydrogen) atoms. The number of esters is 5. The van der Waals surface area contributed by atoms with Gasteiger partial charge in [-0.1, -0.05) is 72.8 Å². The van der Waals surface area contributed by atoms with E-state index in [0.717, 1.165) is 13.8 Å². The molecular weight excluding hydrogens is 859 g/mol. The number of benzene rings is 4. The van der Waals surface area contributed by atoms with Crippen LogP contribution in [0.2, 0.25) is 0 Å². The minimum atomic E-state index is -1.53. The molecule has 0 radical (unpaired) electrons. The smallest absolute Gasteiger partial charge is 0.338 e. The average molecular weight is 900 g/mol. The van der Waals surface area contributed by atoms with Crippen molar-refractivity contribution in [2.24, 2.45) is 0 Å². The number of rotatable bonds is 15. The first-order valence-corrected chi connectivity index (χ1v) is 20.6.